The molecule has 2 heterocycles. The molecule has 0 saturated carbocycles. The molecule has 2 aliphatic rings. The van der Waals surface area contributed by atoms with E-state index in [1.54, 1.807) is 0 Å². The van der Waals surface area contributed by atoms with Crippen molar-refractivity contribution in [1.82, 2.24) is 10.2 Å². The van der Waals surface area contributed by atoms with Gasteiger partial charge < -0.3 is 35.2 Å². The lowest BCUT2D eigenvalue weighted by molar-refractivity contribution is -0.236. The predicted molar refractivity (Wildman–Crippen MR) is 98.3 cm³/mol. The van der Waals surface area contributed by atoms with E-state index in [2.05, 4.69) is 5.32 Å². The summed E-state index contributed by atoms with van der Waals surface area (Å²) in [7, 11) is 0. The van der Waals surface area contributed by atoms with Crippen LogP contribution in [0.5, 0.6) is 0 Å². The minimum absolute atomic E-state index is 0.0806. The molecule has 2 amide bonds. The van der Waals surface area contributed by atoms with Gasteiger partial charge in [0.25, 0.3) is 0 Å². The molecular weight excluding hydrogens is 384 g/mol. The zero-order chi connectivity index (χ0) is 21.0. The first-order chi connectivity index (χ1) is 13.9. The minimum Gasteiger partial charge on any atom is -0.445 e. The Morgan fingerprint density at radius 1 is 1.14 bits per heavy atom. The van der Waals surface area contributed by atoms with Crippen LogP contribution < -0.4 is 5.32 Å². The van der Waals surface area contributed by atoms with Crippen molar-refractivity contribution < 1.29 is 39.5 Å². The topological polar surface area (TPSA) is 149 Å². The average Bonchev–Trinajstić information content (AvgIpc) is 3.23. The smallest absolute Gasteiger partial charge is 0.410 e. The highest BCUT2D eigenvalue weighted by molar-refractivity contribution is 5.86. The van der Waals surface area contributed by atoms with Crippen molar-refractivity contribution in [2.24, 2.45) is 0 Å². The van der Waals surface area contributed by atoms with Gasteiger partial charge in [0, 0.05) is 6.54 Å². The number of ether oxygens (including phenoxy) is 2. The molecule has 0 aromatic heterocycles. The van der Waals surface area contributed by atoms with Crippen LogP contribution in [0.15, 0.2) is 30.3 Å². The lowest BCUT2D eigenvalue weighted by Gasteiger charge is -2.40. The fourth-order valence-corrected chi connectivity index (χ4v) is 3.52. The molecule has 2 saturated heterocycles. The number of aliphatic hydroxyl groups is 4. The summed E-state index contributed by atoms with van der Waals surface area (Å²) < 4.78 is 10.6. The summed E-state index contributed by atoms with van der Waals surface area (Å²) in [5.41, 5.74) is 0.822. The van der Waals surface area contributed by atoms with Crippen molar-refractivity contribution in [3.8, 4) is 0 Å². The number of aliphatic hydroxyl groups excluding tert-OH is 4. The van der Waals surface area contributed by atoms with Crippen LogP contribution in [0, 0.1) is 0 Å². The fourth-order valence-electron chi connectivity index (χ4n) is 3.52. The van der Waals surface area contributed by atoms with E-state index < -0.39 is 55.3 Å². The molecular formula is C19H26N2O8. The van der Waals surface area contributed by atoms with Crippen molar-refractivity contribution in [2.75, 3.05) is 13.2 Å². The molecule has 10 nitrogen and oxygen atoms in total. The Bertz CT molecular complexity index is 701. The second-order valence-corrected chi connectivity index (χ2v) is 7.15. The van der Waals surface area contributed by atoms with Gasteiger partial charge in [-0.05, 0) is 18.4 Å². The van der Waals surface area contributed by atoms with Gasteiger partial charge in [-0.25, -0.2) is 4.79 Å². The van der Waals surface area contributed by atoms with E-state index in [1.165, 1.54) is 4.90 Å². The van der Waals surface area contributed by atoms with E-state index in [1.807, 2.05) is 30.3 Å². The molecule has 2 aliphatic heterocycles. The number of hydrogen-bond acceptors (Lipinski definition) is 8. The third-order valence-corrected chi connectivity index (χ3v) is 5.17. The third-order valence-electron chi connectivity index (χ3n) is 5.17. The first-order valence-corrected chi connectivity index (χ1v) is 9.50. The van der Waals surface area contributed by atoms with Gasteiger partial charge in [-0.3, -0.25) is 9.69 Å². The van der Waals surface area contributed by atoms with Crippen LogP contribution in [0.4, 0.5) is 4.79 Å². The van der Waals surface area contributed by atoms with Crippen LogP contribution in [0.2, 0.25) is 0 Å². The van der Waals surface area contributed by atoms with Crippen molar-refractivity contribution >= 4 is 12.0 Å². The van der Waals surface area contributed by atoms with Crippen molar-refractivity contribution in [2.45, 2.75) is 56.1 Å². The quantitative estimate of drug-likeness (QED) is 0.402. The predicted octanol–water partition coefficient (Wildman–Crippen LogP) is -1.30. The van der Waals surface area contributed by atoms with Gasteiger partial charge in [-0.1, -0.05) is 30.3 Å². The van der Waals surface area contributed by atoms with Crippen molar-refractivity contribution in [1.29, 1.82) is 0 Å². The van der Waals surface area contributed by atoms with Gasteiger partial charge in [0.2, 0.25) is 5.91 Å². The molecule has 6 atom stereocenters. The monoisotopic (exact) mass is 410 g/mol. The molecule has 29 heavy (non-hydrogen) atoms. The Labute approximate surface area is 167 Å². The Hall–Kier alpha value is -2.24. The van der Waals surface area contributed by atoms with E-state index in [0.717, 1.165) is 5.56 Å². The Balaban J connectivity index is 1.58. The fraction of sp³-hybridized carbons (Fsp3) is 0.579. The molecule has 5 N–H and O–H groups in total. The second kappa shape index (κ2) is 9.51. The van der Waals surface area contributed by atoms with Crippen LogP contribution in [-0.4, -0.2) is 87.2 Å². The molecule has 0 bridgehead atoms. The number of nitrogens with zero attached hydrogens (tertiary/aromatic N) is 1. The summed E-state index contributed by atoms with van der Waals surface area (Å²) >= 11 is 0. The first kappa shape index (κ1) is 21.5. The highest BCUT2D eigenvalue weighted by Crippen LogP contribution is 2.22. The molecule has 0 radical (unpaired) electrons. The maximum Gasteiger partial charge on any atom is 0.410 e. The Morgan fingerprint density at radius 3 is 2.55 bits per heavy atom. The molecule has 2 fully saturated rings. The van der Waals surface area contributed by atoms with Gasteiger partial charge in [0.15, 0.2) is 6.23 Å². The zero-order valence-electron chi connectivity index (χ0n) is 15.8. The standard InChI is InChI=1S/C19H26N2O8/c22-9-13-14(23)15(24)16(25)18(29-13)20-17(26)12-7-4-8-21(12)19(27)28-10-11-5-2-1-3-6-11/h1-3,5-6,12-16,18,22-25H,4,7-10H2,(H,20,26)/t12-,13+,14+,15-,16+,18+/m0/s1. The van der Waals surface area contributed by atoms with Crippen molar-refractivity contribution in [3.63, 3.8) is 0 Å². The van der Waals surface area contributed by atoms with Gasteiger partial charge in [0.05, 0.1) is 6.61 Å². The number of nitrogens with one attached hydrogen (secondary N) is 1. The Kier molecular flexibility index (Phi) is 7.04. The van der Waals surface area contributed by atoms with Crippen LogP contribution in [0.25, 0.3) is 0 Å². The molecule has 160 valence electrons. The van der Waals surface area contributed by atoms with Gasteiger partial charge in [-0.2, -0.15) is 0 Å². The summed E-state index contributed by atoms with van der Waals surface area (Å²) in [5.74, 6) is -0.580. The number of carbonyl (C=O) groups is 2. The highest BCUT2D eigenvalue weighted by Gasteiger charge is 2.45. The van der Waals surface area contributed by atoms with E-state index >= 15 is 0 Å². The lowest BCUT2D eigenvalue weighted by atomic mass is 9.98. The number of amides is 2. The zero-order valence-corrected chi connectivity index (χ0v) is 15.8. The number of likely N-dealkylation sites (tertiary alicyclic amines) is 1. The molecule has 3 rings (SSSR count). The number of benzene rings is 1. The summed E-state index contributed by atoms with van der Waals surface area (Å²) in [6.07, 6.45) is -6.77. The summed E-state index contributed by atoms with van der Waals surface area (Å²) in [6.45, 7) is -0.170. The summed E-state index contributed by atoms with van der Waals surface area (Å²) in [5, 5.41) is 41.4. The van der Waals surface area contributed by atoms with E-state index in [4.69, 9.17) is 9.47 Å². The largest absolute Gasteiger partial charge is 0.445 e. The molecule has 0 spiro atoms. The van der Waals surface area contributed by atoms with Gasteiger partial charge in [0.1, 0.15) is 37.1 Å². The van der Waals surface area contributed by atoms with Gasteiger partial charge in [-0.15, -0.1) is 0 Å². The molecule has 0 aliphatic carbocycles. The Morgan fingerprint density at radius 2 is 1.86 bits per heavy atom. The first-order valence-electron chi connectivity index (χ1n) is 9.50. The summed E-state index contributed by atoms with van der Waals surface area (Å²) in [6, 6.07) is 8.34. The van der Waals surface area contributed by atoms with Crippen LogP contribution in [0.3, 0.4) is 0 Å². The molecule has 10 heteroatoms. The average molecular weight is 410 g/mol. The van der Waals surface area contributed by atoms with Crippen LogP contribution in [0.1, 0.15) is 18.4 Å². The molecule has 1 aromatic rings. The lowest BCUT2D eigenvalue weighted by Crippen LogP contribution is -2.64. The van der Waals surface area contributed by atoms with Gasteiger partial charge >= 0.3 is 6.09 Å². The minimum atomic E-state index is -1.60. The number of rotatable bonds is 5. The van der Waals surface area contributed by atoms with E-state index in [0.29, 0.717) is 19.4 Å². The van der Waals surface area contributed by atoms with E-state index in [-0.39, 0.29) is 6.61 Å². The molecule has 1 aromatic carbocycles. The third kappa shape index (κ3) is 4.85. The normalized spacial score (nSPS) is 32.1. The summed E-state index contributed by atoms with van der Waals surface area (Å²) in [4.78, 5) is 26.4. The number of hydrogen-bond donors (Lipinski definition) is 5. The highest BCUT2D eigenvalue weighted by atomic mass is 16.6. The van der Waals surface area contributed by atoms with E-state index in [9.17, 15) is 30.0 Å². The molecule has 0 unspecified atom stereocenters. The maximum absolute atomic E-state index is 12.7. The van der Waals surface area contributed by atoms with Crippen LogP contribution >= 0.6 is 0 Å². The number of carbonyl (C=O) groups excluding carboxylic acids is 2. The maximum atomic E-state index is 12.7. The SMILES string of the molecule is O=C(N[C@@H]1O[C@H](CO)[C@@H](O)[C@H](O)[C@H]1O)[C@@H]1CCCN1C(=O)OCc1ccccc1. The van der Waals surface area contributed by atoms with Crippen LogP contribution in [-0.2, 0) is 20.9 Å². The second-order valence-electron chi connectivity index (χ2n) is 7.15. The van der Waals surface area contributed by atoms with Crippen molar-refractivity contribution in [3.05, 3.63) is 35.9 Å².